The van der Waals surface area contributed by atoms with Crippen LogP contribution in [0.15, 0.2) is 41.1 Å². The summed E-state index contributed by atoms with van der Waals surface area (Å²) < 4.78 is 10.4. The molecule has 94 valence electrons. The molecular weight excluding hydrogens is 252 g/mol. The fraction of sp³-hybridized carbons (Fsp3) is 0.154. The van der Waals surface area contributed by atoms with E-state index in [9.17, 15) is 0 Å². The summed E-state index contributed by atoms with van der Waals surface area (Å²) in [6.07, 6.45) is 1.53. The molecule has 2 aromatic rings. The Labute approximate surface area is 110 Å². The predicted octanol–water partition coefficient (Wildman–Crippen LogP) is 3.53. The molecule has 1 aromatic heterocycles. The number of nitrogen functional groups attached to an aromatic ring is 1. The van der Waals surface area contributed by atoms with Crippen molar-refractivity contribution in [3.8, 4) is 16.9 Å². The van der Waals surface area contributed by atoms with Crippen molar-refractivity contribution >= 4 is 17.5 Å². The van der Waals surface area contributed by atoms with Crippen molar-refractivity contribution in [3.05, 3.63) is 41.6 Å². The standard InChI is InChI=1S/C13H13ClN2O2/c1-8(2)7-17-11-5-3-4-9(12(11)14)10-6-16-18-13(10)15/h3-6H,1,7,15H2,2H3. The maximum atomic E-state index is 6.28. The van der Waals surface area contributed by atoms with Gasteiger partial charge in [-0.15, -0.1) is 0 Å². The van der Waals surface area contributed by atoms with Gasteiger partial charge in [0.15, 0.2) is 0 Å². The summed E-state index contributed by atoms with van der Waals surface area (Å²) in [5, 5.41) is 4.11. The second kappa shape index (κ2) is 5.14. The van der Waals surface area contributed by atoms with Crippen LogP contribution >= 0.6 is 11.6 Å². The Bertz CT molecular complexity index is 578. The first-order valence-corrected chi connectivity index (χ1v) is 5.73. The Kier molecular flexibility index (Phi) is 3.58. The minimum absolute atomic E-state index is 0.231. The largest absolute Gasteiger partial charge is 0.488 e. The Balaban J connectivity index is 2.36. The highest BCUT2D eigenvalue weighted by Gasteiger charge is 2.14. The van der Waals surface area contributed by atoms with Crippen molar-refractivity contribution in [3.63, 3.8) is 0 Å². The molecule has 0 fully saturated rings. The number of nitrogens with zero attached hydrogens (tertiary/aromatic N) is 1. The number of nitrogens with two attached hydrogens (primary N) is 1. The van der Waals surface area contributed by atoms with Crippen molar-refractivity contribution in [1.29, 1.82) is 0 Å². The number of rotatable bonds is 4. The normalized spacial score (nSPS) is 10.3. The van der Waals surface area contributed by atoms with Gasteiger partial charge in [0.2, 0.25) is 5.88 Å². The first kappa shape index (κ1) is 12.5. The van der Waals surface area contributed by atoms with E-state index in [0.29, 0.717) is 22.9 Å². The molecule has 18 heavy (non-hydrogen) atoms. The maximum Gasteiger partial charge on any atom is 0.230 e. The average Bonchev–Trinajstić information content (AvgIpc) is 2.74. The van der Waals surface area contributed by atoms with Gasteiger partial charge in [-0.05, 0) is 18.6 Å². The fourth-order valence-electron chi connectivity index (χ4n) is 1.48. The number of hydrogen-bond acceptors (Lipinski definition) is 4. The van der Waals surface area contributed by atoms with Crippen LogP contribution in [0.4, 0.5) is 5.88 Å². The summed E-state index contributed by atoms with van der Waals surface area (Å²) in [5.41, 5.74) is 7.97. The van der Waals surface area contributed by atoms with Gasteiger partial charge in [-0.1, -0.05) is 35.5 Å². The number of ether oxygens (including phenoxy) is 1. The molecule has 0 saturated carbocycles. The molecule has 0 bridgehead atoms. The molecule has 0 saturated heterocycles. The average molecular weight is 265 g/mol. The topological polar surface area (TPSA) is 61.3 Å². The third kappa shape index (κ3) is 2.49. The molecule has 1 heterocycles. The van der Waals surface area contributed by atoms with E-state index in [0.717, 1.165) is 11.1 Å². The van der Waals surface area contributed by atoms with E-state index in [1.165, 1.54) is 6.20 Å². The number of hydrogen-bond donors (Lipinski definition) is 1. The van der Waals surface area contributed by atoms with Gasteiger partial charge in [-0.3, -0.25) is 0 Å². The van der Waals surface area contributed by atoms with Crippen LogP contribution < -0.4 is 10.5 Å². The number of aromatic nitrogens is 1. The summed E-state index contributed by atoms with van der Waals surface area (Å²) in [6.45, 7) is 6.08. The van der Waals surface area contributed by atoms with E-state index in [1.54, 1.807) is 6.07 Å². The molecule has 0 radical (unpaired) electrons. The van der Waals surface area contributed by atoms with Gasteiger partial charge in [0.25, 0.3) is 0 Å². The molecule has 0 atom stereocenters. The van der Waals surface area contributed by atoms with E-state index in [2.05, 4.69) is 11.7 Å². The summed E-state index contributed by atoms with van der Waals surface area (Å²) in [7, 11) is 0. The zero-order valence-electron chi connectivity index (χ0n) is 9.94. The Morgan fingerprint density at radius 1 is 1.50 bits per heavy atom. The van der Waals surface area contributed by atoms with E-state index in [4.69, 9.17) is 26.6 Å². The number of anilines is 1. The van der Waals surface area contributed by atoms with Crippen LogP contribution in [0.2, 0.25) is 5.02 Å². The first-order valence-electron chi connectivity index (χ1n) is 5.36. The molecule has 0 spiro atoms. The van der Waals surface area contributed by atoms with Crippen molar-refractivity contribution in [2.75, 3.05) is 12.3 Å². The molecule has 0 unspecified atom stereocenters. The molecule has 4 nitrogen and oxygen atoms in total. The molecule has 0 aliphatic carbocycles. The third-order valence-electron chi connectivity index (χ3n) is 2.33. The lowest BCUT2D eigenvalue weighted by Crippen LogP contribution is -1.98. The lowest BCUT2D eigenvalue weighted by Gasteiger charge is -2.10. The van der Waals surface area contributed by atoms with Crippen LogP contribution in [-0.2, 0) is 0 Å². The van der Waals surface area contributed by atoms with Gasteiger partial charge >= 0.3 is 0 Å². The number of halogens is 1. The van der Waals surface area contributed by atoms with Gasteiger partial charge < -0.3 is 15.0 Å². The van der Waals surface area contributed by atoms with Crippen molar-refractivity contribution in [2.24, 2.45) is 0 Å². The highest BCUT2D eigenvalue weighted by atomic mass is 35.5. The van der Waals surface area contributed by atoms with Crippen LogP contribution in [0, 0.1) is 0 Å². The summed E-state index contributed by atoms with van der Waals surface area (Å²) in [4.78, 5) is 0. The monoisotopic (exact) mass is 264 g/mol. The van der Waals surface area contributed by atoms with Crippen LogP contribution in [0.1, 0.15) is 6.92 Å². The fourth-order valence-corrected chi connectivity index (χ4v) is 1.76. The van der Waals surface area contributed by atoms with Crippen LogP contribution in [0.25, 0.3) is 11.1 Å². The van der Waals surface area contributed by atoms with Crippen molar-refractivity contribution in [1.82, 2.24) is 5.16 Å². The van der Waals surface area contributed by atoms with Gasteiger partial charge in [-0.2, -0.15) is 0 Å². The Morgan fingerprint density at radius 3 is 2.89 bits per heavy atom. The predicted molar refractivity (Wildman–Crippen MR) is 71.7 cm³/mol. The number of benzene rings is 1. The molecule has 2 rings (SSSR count). The van der Waals surface area contributed by atoms with Gasteiger partial charge in [0.1, 0.15) is 12.4 Å². The van der Waals surface area contributed by atoms with Crippen molar-refractivity contribution in [2.45, 2.75) is 6.92 Å². The van der Waals surface area contributed by atoms with Gasteiger partial charge in [0, 0.05) is 5.56 Å². The smallest absolute Gasteiger partial charge is 0.230 e. The van der Waals surface area contributed by atoms with E-state index in [-0.39, 0.29) is 5.88 Å². The van der Waals surface area contributed by atoms with Crippen LogP contribution in [0.3, 0.4) is 0 Å². The van der Waals surface area contributed by atoms with Crippen LogP contribution in [0.5, 0.6) is 5.75 Å². The second-order valence-corrected chi connectivity index (χ2v) is 4.35. The summed E-state index contributed by atoms with van der Waals surface area (Å²) in [5.74, 6) is 0.812. The second-order valence-electron chi connectivity index (χ2n) is 3.97. The molecule has 0 aliphatic rings. The van der Waals surface area contributed by atoms with E-state index < -0.39 is 0 Å². The molecule has 0 amide bonds. The third-order valence-corrected chi connectivity index (χ3v) is 2.72. The molecule has 0 aliphatic heterocycles. The minimum Gasteiger partial charge on any atom is -0.488 e. The molecule has 2 N–H and O–H groups in total. The Hall–Kier alpha value is -1.94. The summed E-state index contributed by atoms with van der Waals surface area (Å²) in [6, 6.07) is 5.46. The van der Waals surface area contributed by atoms with E-state index >= 15 is 0 Å². The van der Waals surface area contributed by atoms with E-state index in [1.807, 2.05) is 19.1 Å². The lowest BCUT2D eigenvalue weighted by molar-refractivity contribution is 0.353. The quantitative estimate of drug-likeness (QED) is 0.858. The maximum absolute atomic E-state index is 6.28. The summed E-state index contributed by atoms with van der Waals surface area (Å²) >= 11 is 6.28. The molecule has 5 heteroatoms. The van der Waals surface area contributed by atoms with Crippen molar-refractivity contribution < 1.29 is 9.26 Å². The highest BCUT2D eigenvalue weighted by Crippen LogP contribution is 2.37. The zero-order chi connectivity index (χ0) is 13.1. The SMILES string of the molecule is C=C(C)COc1cccc(-c2cnoc2N)c1Cl. The Morgan fingerprint density at radius 2 is 2.28 bits per heavy atom. The molecular formula is C13H13ClN2O2. The van der Waals surface area contributed by atoms with Gasteiger partial charge in [-0.25, -0.2) is 0 Å². The zero-order valence-corrected chi connectivity index (χ0v) is 10.7. The minimum atomic E-state index is 0.231. The first-order chi connectivity index (χ1) is 8.59. The lowest BCUT2D eigenvalue weighted by atomic mass is 10.1. The molecule has 1 aromatic carbocycles. The highest BCUT2D eigenvalue weighted by molar-refractivity contribution is 6.35. The van der Waals surface area contributed by atoms with Gasteiger partial charge in [0.05, 0.1) is 16.8 Å². The van der Waals surface area contributed by atoms with Crippen LogP contribution in [-0.4, -0.2) is 11.8 Å².